The van der Waals surface area contributed by atoms with Crippen molar-refractivity contribution in [1.82, 2.24) is 0 Å². The lowest BCUT2D eigenvalue weighted by atomic mass is 9.81. The third-order valence-corrected chi connectivity index (χ3v) is 12.7. The molecule has 2 heterocycles. The predicted molar refractivity (Wildman–Crippen MR) is 250 cm³/mol. The molecule has 3 heteroatoms. The molecule has 9 aromatic carbocycles. The van der Waals surface area contributed by atoms with E-state index < -0.39 is 0 Å². The minimum absolute atomic E-state index is 0.156. The van der Waals surface area contributed by atoms with E-state index in [0.717, 1.165) is 88.8 Å². The molecule has 1 aliphatic rings. The molecule has 3 nitrogen and oxygen atoms in total. The summed E-state index contributed by atoms with van der Waals surface area (Å²) in [6.45, 7) is 4.68. The largest absolute Gasteiger partial charge is 0.456 e. The molecule has 0 saturated carbocycles. The van der Waals surface area contributed by atoms with Crippen LogP contribution >= 0.6 is 0 Å². The minimum atomic E-state index is -0.156. The molecule has 60 heavy (non-hydrogen) atoms. The number of nitrogens with zero attached hydrogens (tertiary/aromatic N) is 1. The molecule has 2 aromatic heterocycles. The number of rotatable bonds is 6. The smallest absolute Gasteiger partial charge is 0.159 e. The molecule has 284 valence electrons. The van der Waals surface area contributed by atoms with E-state index in [1.165, 1.54) is 27.8 Å². The summed E-state index contributed by atoms with van der Waals surface area (Å²) < 4.78 is 14.1. The van der Waals surface area contributed by atoms with Crippen LogP contribution in [0, 0.1) is 0 Å². The molecule has 1 aliphatic carbocycles. The van der Waals surface area contributed by atoms with Crippen LogP contribution < -0.4 is 4.90 Å². The Morgan fingerprint density at radius 2 is 1.00 bits per heavy atom. The monoisotopic (exact) mass is 769 g/mol. The van der Waals surface area contributed by atoms with Crippen molar-refractivity contribution in [2.24, 2.45) is 0 Å². The number of para-hydroxylation sites is 3. The predicted octanol–water partition coefficient (Wildman–Crippen LogP) is 16.3. The van der Waals surface area contributed by atoms with Gasteiger partial charge < -0.3 is 13.7 Å². The van der Waals surface area contributed by atoms with Crippen molar-refractivity contribution in [3.8, 4) is 44.5 Å². The van der Waals surface area contributed by atoms with Crippen LogP contribution in [0.4, 0.5) is 17.1 Å². The van der Waals surface area contributed by atoms with E-state index in [0.29, 0.717) is 0 Å². The SMILES string of the molecule is CC1(C)c2ccccc2-c2ccc(-c3c4oc5c(N(c6ccc(-c7ccccc7)cc6)c6ccccc6-c6ccccc6)cccc5c4cc4oc5ccccc5c34)cc21. The van der Waals surface area contributed by atoms with Crippen LogP contribution in [0.15, 0.2) is 209 Å². The van der Waals surface area contributed by atoms with Gasteiger partial charge in [-0.3, -0.25) is 0 Å². The molecule has 0 unspecified atom stereocenters. The summed E-state index contributed by atoms with van der Waals surface area (Å²) >= 11 is 0. The van der Waals surface area contributed by atoms with Gasteiger partial charge in [-0.25, -0.2) is 0 Å². The molecular formula is C57H39NO2. The van der Waals surface area contributed by atoms with Crippen molar-refractivity contribution in [2.45, 2.75) is 19.3 Å². The second-order valence-corrected chi connectivity index (χ2v) is 16.4. The Hall–Kier alpha value is -7.62. The quantitative estimate of drug-likeness (QED) is 0.169. The molecule has 0 fully saturated rings. The van der Waals surface area contributed by atoms with Crippen molar-refractivity contribution >= 4 is 60.9 Å². The summed E-state index contributed by atoms with van der Waals surface area (Å²) in [5.74, 6) is 0. The zero-order valence-electron chi connectivity index (χ0n) is 33.3. The fourth-order valence-corrected chi connectivity index (χ4v) is 9.80. The topological polar surface area (TPSA) is 29.5 Å². The molecule has 12 rings (SSSR count). The molecule has 0 atom stereocenters. The summed E-state index contributed by atoms with van der Waals surface area (Å²) in [4.78, 5) is 2.36. The van der Waals surface area contributed by atoms with Crippen LogP contribution in [0.1, 0.15) is 25.0 Å². The molecule has 0 aliphatic heterocycles. The van der Waals surface area contributed by atoms with E-state index >= 15 is 0 Å². The van der Waals surface area contributed by atoms with Gasteiger partial charge in [-0.15, -0.1) is 0 Å². The van der Waals surface area contributed by atoms with Crippen molar-refractivity contribution in [2.75, 3.05) is 4.90 Å². The van der Waals surface area contributed by atoms with Gasteiger partial charge in [0.1, 0.15) is 16.7 Å². The van der Waals surface area contributed by atoms with Crippen molar-refractivity contribution in [3.63, 3.8) is 0 Å². The normalized spacial score (nSPS) is 13.0. The van der Waals surface area contributed by atoms with Gasteiger partial charge in [0.05, 0.1) is 11.4 Å². The number of hydrogen-bond acceptors (Lipinski definition) is 3. The molecule has 0 spiro atoms. The van der Waals surface area contributed by atoms with Gasteiger partial charge in [-0.2, -0.15) is 0 Å². The van der Waals surface area contributed by atoms with Crippen LogP contribution in [-0.2, 0) is 5.41 Å². The van der Waals surface area contributed by atoms with Crippen LogP contribution in [0.3, 0.4) is 0 Å². The molecule has 0 saturated heterocycles. The third-order valence-electron chi connectivity index (χ3n) is 12.7. The molecule has 0 N–H and O–H groups in total. The van der Waals surface area contributed by atoms with Gasteiger partial charge >= 0.3 is 0 Å². The highest BCUT2D eigenvalue weighted by Gasteiger charge is 2.36. The molecule has 0 bridgehead atoms. The average molecular weight is 770 g/mol. The number of benzene rings is 9. The van der Waals surface area contributed by atoms with Gasteiger partial charge in [-0.05, 0) is 87.0 Å². The average Bonchev–Trinajstić information content (AvgIpc) is 3.94. The van der Waals surface area contributed by atoms with Crippen molar-refractivity contribution < 1.29 is 8.83 Å². The second kappa shape index (κ2) is 13.2. The number of anilines is 3. The lowest BCUT2D eigenvalue weighted by Gasteiger charge is -2.28. The van der Waals surface area contributed by atoms with E-state index in [1.807, 2.05) is 6.07 Å². The Morgan fingerprint density at radius 1 is 0.383 bits per heavy atom. The summed E-state index contributed by atoms with van der Waals surface area (Å²) in [5, 5.41) is 4.19. The summed E-state index contributed by atoms with van der Waals surface area (Å²) in [6, 6.07) is 71.6. The second-order valence-electron chi connectivity index (χ2n) is 16.4. The molecule has 0 amide bonds. The first kappa shape index (κ1) is 34.4. The van der Waals surface area contributed by atoms with Crippen LogP contribution in [0.5, 0.6) is 0 Å². The first-order valence-electron chi connectivity index (χ1n) is 20.7. The Morgan fingerprint density at radius 3 is 1.82 bits per heavy atom. The summed E-state index contributed by atoms with van der Waals surface area (Å²) in [7, 11) is 0. The van der Waals surface area contributed by atoms with Crippen molar-refractivity contribution in [3.05, 3.63) is 211 Å². The Balaban J connectivity index is 1.13. The lowest BCUT2D eigenvalue weighted by molar-refractivity contribution is 0.660. The van der Waals surface area contributed by atoms with Gasteiger partial charge in [0.15, 0.2) is 5.58 Å². The maximum Gasteiger partial charge on any atom is 0.159 e. The number of hydrogen-bond donors (Lipinski definition) is 0. The fourth-order valence-electron chi connectivity index (χ4n) is 9.80. The Bertz CT molecular complexity index is 3450. The maximum atomic E-state index is 7.41. The molecular weight excluding hydrogens is 731 g/mol. The van der Waals surface area contributed by atoms with E-state index in [-0.39, 0.29) is 5.41 Å². The van der Waals surface area contributed by atoms with Crippen LogP contribution in [0.2, 0.25) is 0 Å². The lowest BCUT2D eigenvalue weighted by Crippen LogP contribution is -2.14. The Labute approximate surface area is 348 Å². The van der Waals surface area contributed by atoms with Gasteiger partial charge in [-0.1, -0.05) is 172 Å². The van der Waals surface area contributed by atoms with Gasteiger partial charge in [0.2, 0.25) is 0 Å². The molecule has 0 radical (unpaired) electrons. The summed E-state index contributed by atoms with van der Waals surface area (Å²) in [6.07, 6.45) is 0. The highest BCUT2D eigenvalue weighted by molar-refractivity contribution is 6.24. The van der Waals surface area contributed by atoms with Crippen LogP contribution in [-0.4, -0.2) is 0 Å². The highest BCUT2D eigenvalue weighted by Crippen LogP contribution is 2.53. The first-order chi connectivity index (χ1) is 29.5. The van der Waals surface area contributed by atoms with E-state index in [4.69, 9.17) is 8.83 Å². The first-order valence-corrected chi connectivity index (χ1v) is 20.7. The Kier molecular flexibility index (Phi) is 7.58. The van der Waals surface area contributed by atoms with Gasteiger partial charge in [0.25, 0.3) is 0 Å². The minimum Gasteiger partial charge on any atom is -0.456 e. The number of fused-ring (bicyclic) bond motifs is 9. The van der Waals surface area contributed by atoms with E-state index in [2.05, 4.69) is 213 Å². The van der Waals surface area contributed by atoms with Gasteiger partial charge in [0, 0.05) is 43.8 Å². The third kappa shape index (κ3) is 5.15. The highest BCUT2D eigenvalue weighted by atomic mass is 16.3. The van der Waals surface area contributed by atoms with Crippen molar-refractivity contribution in [1.29, 1.82) is 0 Å². The standard InChI is InChI=1S/C57H39NO2/c1-57(2)47-24-12-9-21-42(47)43-33-30-39(34-48(43)57)53-54-45-22-11-14-27-51(45)59-52(54)35-46-44-23-15-26-50(55(44)60-56(46)53)58(40-31-28-37(29-32-40)36-16-5-3-6-17-36)49-25-13-10-20-41(49)38-18-7-4-8-19-38/h3-35H,1-2H3. The number of furan rings is 2. The maximum absolute atomic E-state index is 7.41. The van der Waals surface area contributed by atoms with E-state index in [9.17, 15) is 0 Å². The van der Waals surface area contributed by atoms with Crippen LogP contribution in [0.25, 0.3) is 88.4 Å². The zero-order valence-corrected chi connectivity index (χ0v) is 33.3. The fraction of sp³-hybridized carbons (Fsp3) is 0.0526. The molecule has 11 aromatic rings. The summed E-state index contributed by atoms with van der Waals surface area (Å²) in [5.41, 5.74) is 18.3. The zero-order chi connectivity index (χ0) is 40.0. The van der Waals surface area contributed by atoms with E-state index in [1.54, 1.807) is 0 Å².